The van der Waals surface area contributed by atoms with E-state index in [2.05, 4.69) is 231 Å². The van der Waals surface area contributed by atoms with Gasteiger partial charge < -0.3 is 4.90 Å². The van der Waals surface area contributed by atoms with Crippen LogP contribution in [0.3, 0.4) is 0 Å². The molecule has 10 aromatic rings. The molecule has 0 saturated carbocycles. The lowest BCUT2D eigenvalue weighted by Gasteiger charge is -2.28. The Morgan fingerprint density at radius 1 is 0.276 bits per heavy atom. The number of anilines is 3. The van der Waals surface area contributed by atoms with Gasteiger partial charge in [-0.15, -0.1) is 0 Å². The first-order valence-electron chi connectivity index (χ1n) is 20.3. The second kappa shape index (κ2) is 13.5. The maximum Gasteiger partial charge on any atom is 0.0467 e. The predicted molar refractivity (Wildman–Crippen MR) is 248 cm³/mol. The first-order chi connectivity index (χ1) is 28.5. The summed E-state index contributed by atoms with van der Waals surface area (Å²) < 4.78 is 0. The van der Waals surface area contributed by atoms with Crippen LogP contribution in [0, 0.1) is 0 Å². The van der Waals surface area contributed by atoms with Gasteiger partial charge in [0.15, 0.2) is 0 Å². The molecule has 1 nitrogen and oxygen atoms in total. The molecule has 0 bridgehead atoms. The third kappa shape index (κ3) is 5.54. The molecule has 58 heavy (non-hydrogen) atoms. The molecule has 11 rings (SSSR count). The summed E-state index contributed by atoms with van der Waals surface area (Å²) in [5.41, 5.74) is 16.0. The van der Waals surface area contributed by atoms with Gasteiger partial charge >= 0.3 is 0 Å². The van der Waals surface area contributed by atoms with Gasteiger partial charge in [0.25, 0.3) is 0 Å². The van der Waals surface area contributed by atoms with Crippen molar-refractivity contribution in [3.63, 3.8) is 0 Å². The van der Waals surface area contributed by atoms with E-state index < -0.39 is 0 Å². The van der Waals surface area contributed by atoms with Crippen LogP contribution < -0.4 is 4.90 Å². The molecule has 0 unspecified atom stereocenters. The molecule has 1 aliphatic rings. The summed E-state index contributed by atoms with van der Waals surface area (Å²) in [7, 11) is 0. The van der Waals surface area contributed by atoms with E-state index in [0.717, 1.165) is 17.1 Å². The highest BCUT2D eigenvalue weighted by atomic mass is 15.1. The third-order valence-electron chi connectivity index (χ3n) is 12.4. The van der Waals surface area contributed by atoms with E-state index in [1.807, 2.05) is 0 Å². The predicted octanol–water partition coefficient (Wildman–Crippen LogP) is 15.9. The molecule has 0 aromatic heterocycles. The Balaban J connectivity index is 1.05. The Morgan fingerprint density at radius 3 is 1.40 bits per heavy atom. The second-order valence-electron chi connectivity index (χ2n) is 16.1. The van der Waals surface area contributed by atoms with E-state index in [4.69, 9.17) is 0 Å². The maximum absolute atomic E-state index is 2.42. The van der Waals surface area contributed by atoms with Crippen LogP contribution in [0.25, 0.3) is 76.8 Å². The van der Waals surface area contributed by atoms with Crippen LogP contribution in [0.1, 0.15) is 25.0 Å². The molecular weight excluding hydrogens is 699 g/mol. The van der Waals surface area contributed by atoms with E-state index in [0.29, 0.717) is 0 Å². The van der Waals surface area contributed by atoms with Crippen molar-refractivity contribution < 1.29 is 0 Å². The molecule has 0 saturated heterocycles. The minimum Gasteiger partial charge on any atom is -0.310 e. The van der Waals surface area contributed by atoms with E-state index in [1.165, 1.54) is 88.0 Å². The van der Waals surface area contributed by atoms with Gasteiger partial charge in [-0.25, -0.2) is 0 Å². The average molecular weight is 740 g/mol. The van der Waals surface area contributed by atoms with Crippen molar-refractivity contribution in [3.05, 3.63) is 223 Å². The number of benzene rings is 10. The molecule has 274 valence electrons. The van der Waals surface area contributed by atoms with E-state index in [1.54, 1.807) is 0 Å². The SMILES string of the molecule is CC1(C)c2ccccc2-c2ccc(N(c3ccc(-c4ccccc4)cc3)c3cccc(-c4ccc5c6ccc(-c7ccccc7)cc6c6ccccc6c5c4)c3)cc21. The van der Waals surface area contributed by atoms with Crippen molar-refractivity contribution in [1.82, 2.24) is 0 Å². The first-order valence-corrected chi connectivity index (χ1v) is 20.3. The van der Waals surface area contributed by atoms with Crippen molar-refractivity contribution in [2.75, 3.05) is 4.90 Å². The standard InChI is InChI=1S/C57H41N/c1-57(2)55-23-12-11-22-51(55)52-33-30-46(37-56(52)57)58(44-28-24-40(25-29-44)38-14-5-3-6-15-38)45-19-13-18-41(34-45)43-27-32-50-49-31-26-42(39-16-7-4-8-17-39)35-53(49)47-20-9-10-21-48(47)54(50)36-43/h3-37H,1-2H3. The Labute approximate surface area is 340 Å². The molecule has 0 N–H and O–H groups in total. The van der Waals surface area contributed by atoms with Gasteiger partial charge in [-0.05, 0) is 136 Å². The zero-order valence-corrected chi connectivity index (χ0v) is 32.7. The van der Waals surface area contributed by atoms with Crippen LogP contribution in [-0.2, 0) is 5.41 Å². The summed E-state index contributed by atoms with van der Waals surface area (Å²) >= 11 is 0. The molecule has 10 aromatic carbocycles. The molecule has 0 heterocycles. The largest absolute Gasteiger partial charge is 0.310 e. The van der Waals surface area contributed by atoms with Crippen molar-refractivity contribution in [2.24, 2.45) is 0 Å². The summed E-state index contributed by atoms with van der Waals surface area (Å²) in [5.74, 6) is 0. The summed E-state index contributed by atoms with van der Waals surface area (Å²) in [4.78, 5) is 2.42. The summed E-state index contributed by atoms with van der Waals surface area (Å²) in [6, 6.07) is 78.2. The molecule has 1 heteroatoms. The monoisotopic (exact) mass is 739 g/mol. The third-order valence-corrected chi connectivity index (χ3v) is 12.4. The molecule has 0 fully saturated rings. The average Bonchev–Trinajstić information content (AvgIpc) is 3.52. The molecule has 0 radical (unpaired) electrons. The number of rotatable bonds is 6. The summed E-state index contributed by atoms with van der Waals surface area (Å²) in [5, 5.41) is 7.66. The lowest BCUT2D eigenvalue weighted by atomic mass is 9.82. The number of fused-ring (bicyclic) bond motifs is 9. The van der Waals surface area contributed by atoms with Crippen LogP contribution in [0.15, 0.2) is 212 Å². The Hall–Kier alpha value is -7.22. The number of hydrogen-bond donors (Lipinski definition) is 0. The summed E-state index contributed by atoms with van der Waals surface area (Å²) in [6.07, 6.45) is 0. The van der Waals surface area contributed by atoms with Gasteiger partial charge in [0, 0.05) is 22.5 Å². The van der Waals surface area contributed by atoms with Crippen molar-refractivity contribution in [2.45, 2.75) is 19.3 Å². The van der Waals surface area contributed by atoms with Crippen LogP contribution in [-0.4, -0.2) is 0 Å². The van der Waals surface area contributed by atoms with Crippen LogP contribution in [0.4, 0.5) is 17.1 Å². The van der Waals surface area contributed by atoms with Crippen molar-refractivity contribution in [3.8, 4) is 44.5 Å². The van der Waals surface area contributed by atoms with Crippen molar-refractivity contribution >= 4 is 49.4 Å². The first kappa shape index (κ1) is 34.1. The fraction of sp³-hybridized carbons (Fsp3) is 0.0526. The molecule has 0 amide bonds. The number of nitrogens with zero attached hydrogens (tertiary/aromatic N) is 1. The lowest BCUT2D eigenvalue weighted by molar-refractivity contribution is 0.660. The van der Waals surface area contributed by atoms with Gasteiger partial charge in [0.1, 0.15) is 0 Å². The molecule has 1 aliphatic carbocycles. The second-order valence-corrected chi connectivity index (χ2v) is 16.1. The minimum atomic E-state index is -0.103. The van der Waals surface area contributed by atoms with Crippen LogP contribution >= 0.6 is 0 Å². The van der Waals surface area contributed by atoms with E-state index in [9.17, 15) is 0 Å². The topological polar surface area (TPSA) is 3.24 Å². The fourth-order valence-corrected chi connectivity index (χ4v) is 9.48. The van der Waals surface area contributed by atoms with Gasteiger partial charge in [0.2, 0.25) is 0 Å². The smallest absolute Gasteiger partial charge is 0.0467 e. The van der Waals surface area contributed by atoms with Gasteiger partial charge in [-0.1, -0.05) is 178 Å². The Bertz CT molecular complexity index is 3160. The molecular formula is C57H41N. The lowest BCUT2D eigenvalue weighted by Crippen LogP contribution is -2.16. The van der Waals surface area contributed by atoms with E-state index in [-0.39, 0.29) is 5.41 Å². The fourth-order valence-electron chi connectivity index (χ4n) is 9.48. The zero-order valence-electron chi connectivity index (χ0n) is 32.7. The molecule has 0 spiro atoms. The van der Waals surface area contributed by atoms with Crippen molar-refractivity contribution in [1.29, 1.82) is 0 Å². The molecule has 0 aliphatic heterocycles. The van der Waals surface area contributed by atoms with Crippen LogP contribution in [0.2, 0.25) is 0 Å². The van der Waals surface area contributed by atoms with E-state index >= 15 is 0 Å². The van der Waals surface area contributed by atoms with Gasteiger partial charge in [-0.3, -0.25) is 0 Å². The minimum absolute atomic E-state index is 0.103. The van der Waals surface area contributed by atoms with Gasteiger partial charge in [0.05, 0.1) is 0 Å². The normalized spacial score (nSPS) is 12.8. The highest BCUT2D eigenvalue weighted by Gasteiger charge is 2.35. The molecule has 0 atom stereocenters. The Kier molecular flexibility index (Phi) is 7.91. The quantitative estimate of drug-likeness (QED) is 0.154. The maximum atomic E-state index is 2.42. The highest BCUT2D eigenvalue weighted by molar-refractivity contribution is 6.26. The summed E-state index contributed by atoms with van der Waals surface area (Å²) in [6.45, 7) is 4.71. The zero-order chi connectivity index (χ0) is 38.8. The Morgan fingerprint density at radius 2 is 0.724 bits per heavy atom. The van der Waals surface area contributed by atoms with Crippen LogP contribution in [0.5, 0.6) is 0 Å². The van der Waals surface area contributed by atoms with Gasteiger partial charge in [-0.2, -0.15) is 0 Å². The highest BCUT2D eigenvalue weighted by Crippen LogP contribution is 2.51. The number of hydrogen-bond acceptors (Lipinski definition) is 1.